The Hall–Kier alpha value is -1.36. The molecule has 112 valence electrons. The fourth-order valence-electron chi connectivity index (χ4n) is 2.95. The lowest BCUT2D eigenvalue weighted by Gasteiger charge is -2.25. The Morgan fingerprint density at radius 1 is 1.50 bits per heavy atom. The Kier molecular flexibility index (Phi) is 5.17. The highest BCUT2D eigenvalue weighted by Crippen LogP contribution is 2.31. The summed E-state index contributed by atoms with van der Waals surface area (Å²) in [6, 6.07) is 0.229. The van der Waals surface area contributed by atoms with Crippen LogP contribution in [0, 0.1) is 0 Å². The second kappa shape index (κ2) is 6.88. The first-order valence-electron chi connectivity index (χ1n) is 7.58. The van der Waals surface area contributed by atoms with Crippen LogP contribution in [-0.2, 0) is 11.8 Å². The number of aryl methyl sites for hydroxylation is 1. The Morgan fingerprint density at radius 3 is 2.95 bits per heavy atom. The van der Waals surface area contributed by atoms with Gasteiger partial charge in [0.2, 0.25) is 5.91 Å². The van der Waals surface area contributed by atoms with Crippen LogP contribution < -0.4 is 0 Å². The van der Waals surface area contributed by atoms with Gasteiger partial charge < -0.3 is 9.80 Å². The molecule has 0 saturated carbocycles. The zero-order valence-electron chi connectivity index (χ0n) is 12.9. The first-order chi connectivity index (χ1) is 9.61. The highest BCUT2D eigenvalue weighted by atomic mass is 16.2. The predicted molar refractivity (Wildman–Crippen MR) is 79.3 cm³/mol. The minimum Gasteiger partial charge on any atom is -0.335 e. The van der Waals surface area contributed by atoms with Crippen LogP contribution in [0.5, 0.6) is 0 Å². The molecule has 2 heterocycles. The third-order valence-corrected chi connectivity index (χ3v) is 4.00. The molecule has 0 aliphatic carbocycles. The Morgan fingerprint density at radius 2 is 2.30 bits per heavy atom. The van der Waals surface area contributed by atoms with Crippen LogP contribution in [0.2, 0.25) is 0 Å². The second-order valence-corrected chi connectivity index (χ2v) is 5.75. The van der Waals surface area contributed by atoms with E-state index < -0.39 is 0 Å². The summed E-state index contributed by atoms with van der Waals surface area (Å²) >= 11 is 0. The lowest BCUT2D eigenvalue weighted by atomic mass is 10.1. The van der Waals surface area contributed by atoms with E-state index in [0.717, 1.165) is 38.9 Å². The van der Waals surface area contributed by atoms with Crippen LogP contribution in [0.4, 0.5) is 0 Å². The summed E-state index contributed by atoms with van der Waals surface area (Å²) in [5.74, 6) is 0.277. The third-order valence-electron chi connectivity index (χ3n) is 4.00. The average molecular weight is 278 g/mol. The summed E-state index contributed by atoms with van der Waals surface area (Å²) in [5, 5.41) is 4.22. The minimum atomic E-state index is 0.229. The number of carbonyl (C=O) groups is 1. The minimum absolute atomic E-state index is 0.229. The van der Waals surface area contributed by atoms with Crippen molar-refractivity contribution in [1.29, 1.82) is 0 Å². The van der Waals surface area contributed by atoms with E-state index in [1.807, 2.05) is 29.0 Å². The molecular formula is C15H26N4O. The fourth-order valence-corrected chi connectivity index (χ4v) is 2.95. The maximum atomic E-state index is 12.4. The zero-order chi connectivity index (χ0) is 14.5. The number of nitrogens with zero attached hydrogens (tertiary/aromatic N) is 4. The van der Waals surface area contributed by atoms with E-state index in [4.69, 9.17) is 0 Å². The molecule has 0 bridgehead atoms. The van der Waals surface area contributed by atoms with Gasteiger partial charge in [-0.05, 0) is 32.9 Å². The van der Waals surface area contributed by atoms with Crippen molar-refractivity contribution in [2.75, 3.05) is 26.7 Å². The van der Waals surface area contributed by atoms with Crippen LogP contribution in [0.25, 0.3) is 0 Å². The van der Waals surface area contributed by atoms with E-state index in [2.05, 4.69) is 24.0 Å². The fraction of sp³-hybridized carbons (Fsp3) is 0.733. The molecule has 1 aromatic heterocycles. The Bertz CT molecular complexity index is 443. The Labute approximate surface area is 121 Å². The third kappa shape index (κ3) is 3.60. The molecule has 0 aromatic carbocycles. The van der Waals surface area contributed by atoms with Gasteiger partial charge in [-0.15, -0.1) is 0 Å². The summed E-state index contributed by atoms with van der Waals surface area (Å²) in [7, 11) is 4.00. The predicted octanol–water partition coefficient (Wildman–Crippen LogP) is 1.82. The van der Waals surface area contributed by atoms with Gasteiger partial charge in [0, 0.05) is 38.3 Å². The molecule has 1 fully saturated rings. The van der Waals surface area contributed by atoms with Gasteiger partial charge in [-0.2, -0.15) is 5.10 Å². The van der Waals surface area contributed by atoms with Crippen molar-refractivity contribution in [2.24, 2.45) is 7.05 Å². The largest absolute Gasteiger partial charge is 0.335 e. The normalized spacial score (nSPS) is 19.0. The first kappa shape index (κ1) is 15.0. The molecule has 1 aliphatic rings. The Balaban J connectivity index is 1.91. The smallest absolute Gasteiger partial charge is 0.224 e. The van der Waals surface area contributed by atoms with Crippen LogP contribution >= 0.6 is 0 Å². The molecule has 5 nitrogen and oxygen atoms in total. The lowest BCUT2D eigenvalue weighted by Crippen LogP contribution is -2.33. The van der Waals surface area contributed by atoms with Gasteiger partial charge in [-0.25, -0.2) is 0 Å². The SMILES string of the molecule is CCCN(C)CCC(=O)N1CCCC1c1cnn(C)c1. The molecule has 1 aromatic rings. The van der Waals surface area contributed by atoms with Crippen LogP contribution in [-0.4, -0.2) is 52.2 Å². The maximum absolute atomic E-state index is 12.4. The van der Waals surface area contributed by atoms with Crippen molar-refractivity contribution < 1.29 is 4.79 Å². The molecule has 2 rings (SSSR count). The maximum Gasteiger partial charge on any atom is 0.224 e. The molecule has 0 radical (unpaired) electrons. The standard InChI is InChI=1S/C15H26N4O/c1-4-8-17(2)10-7-15(20)19-9-5-6-14(19)13-11-16-18(3)12-13/h11-12,14H,4-10H2,1-3H3. The summed E-state index contributed by atoms with van der Waals surface area (Å²) in [5.41, 5.74) is 1.17. The number of aromatic nitrogens is 2. The zero-order valence-corrected chi connectivity index (χ0v) is 12.9. The molecule has 0 spiro atoms. The van der Waals surface area contributed by atoms with Gasteiger partial charge in [0.05, 0.1) is 12.2 Å². The van der Waals surface area contributed by atoms with Crippen molar-refractivity contribution in [2.45, 2.75) is 38.6 Å². The van der Waals surface area contributed by atoms with E-state index >= 15 is 0 Å². The van der Waals surface area contributed by atoms with Crippen molar-refractivity contribution in [3.8, 4) is 0 Å². The monoisotopic (exact) mass is 278 g/mol. The van der Waals surface area contributed by atoms with Gasteiger partial charge in [0.25, 0.3) is 0 Å². The van der Waals surface area contributed by atoms with Crippen LogP contribution in [0.15, 0.2) is 12.4 Å². The van der Waals surface area contributed by atoms with Gasteiger partial charge in [-0.1, -0.05) is 6.92 Å². The molecular weight excluding hydrogens is 252 g/mol. The quantitative estimate of drug-likeness (QED) is 0.797. The molecule has 1 unspecified atom stereocenters. The summed E-state index contributed by atoms with van der Waals surface area (Å²) in [6.45, 7) is 4.95. The van der Waals surface area contributed by atoms with E-state index in [1.165, 1.54) is 5.56 Å². The van der Waals surface area contributed by atoms with E-state index in [0.29, 0.717) is 6.42 Å². The molecule has 20 heavy (non-hydrogen) atoms. The number of carbonyl (C=O) groups excluding carboxylic acids is 1. The lowest BCUT2D eigenvalue weighted by molar-refractivity contribution is -0.132. The van der Waals surface area contributed by atoms with Gasteiger partial charge in [0.15, 0.2) is 0 Å². The summed E-state index contributed by atoms with van der Waals surface area (Å²) in [6.07, 6.45) is 7.82. The van der Waals surface area contributed by atoms with Crippen LogP contribution in [0.3, 0.4) is 0 Å². The molecule has 0 N–H and O–H groups in total. The number of hydrogen-bond donors (Lipinski definition) is 0. The van der Waals surface area contributed by atoms with E-state index in [-0.39, 0.29) is 11.9 Å². The first-order valence-corrected chi connectivity index (χ1v) is 7.58. The number of rotatable bonds is 6. The molecule has 1 atom stereocenters. The molecule has 1 amide bonds. The topological polar surface area (TPSA) is 41.4 Å². The van der Waals surface area contributed by atoms with Gasteiger partial charge in [-0.3, -0.25) is 9.48 Å². The summed E-state index contributed by atoms with van der Waals surface area (Å²) in [4.78, 5) is 16.7. The van der Waals surface area contributed by atoms with E-state index in [9.17, 15) is 4.79 Å². The number of likely N-dealkylation sites (tertiary alicyclic amines) is 1. The number of amides is 1. The second-order valence-electron chi connectivity index (χ2n) is 5.75. The molecule has 1 aliphatic heterocycles. The van der Waals surface area contributed by atoms with Crippen molar-refractivity contribution in [3.05, 3.63) is 18.0 Å². The highest BCUT2D eigenvalue weighted by Gasteiger charge is 2.30. The van der Waals surface area contributed by atoms with Crippen LogP contribution in [0.1, 0.15) is 44.2 Å². The number of hydrogen-bond acceptors (Lipinski definition) is 3. The molecule has 5 heteroatoms. The van der Waals surface area contributed by atoms with Crippen molar-refractivity contribution in [3.63, 3.8) is 0 Å². The van der Waals surface area contributed by atoms with Gasteiger partial charge >= 0.3 is 0 Å². The average Bonchev–Trinajstić information content (AvgIpc) is 3.04. The molecule has 1 saturated heterocycles. The van der Waals surface area contributed by atoms with Crippen molar-refractivity contribution >= 4 is 5.91 Å². The highest BCUT2D eigenvalue weighted by molar-refractivity contribution is 5.77. The van der Waals surface area contributed by atoms with Crippen molar-refractivity contribution in [1.82, 2.24) is 19.6 Å². The van der Waals surface area contributed by atoms with Gasteiger partial charge in [0.1, 0.15) is 0 Å². The van der Waals surface area contributed by atoms with E-state index in [1.54, 1.807) is 0 Å². The summed E-state index contributed by atoms with van der Waals surface area (Å²) < 4.78 is 1.81.